The van der Waals surface area contributed by atoms with Gasteiger partial charge in [0.05, 0.1) is 31.4 Å². The standard InChI is InChI=1S/C8H14B4/c1-3-8(4-2,7(11)12)5-6(9)10/h6-7H,3-5H2,1-2H3. The van der Waals surface area contributed by atoms with Gasteiger partial charge in [-0.15, -0.1) is 11.4 Å². The van der Waals surface area contributed by atoms with Crippen molar-refractivity contribution in [3.8, 4) is 0 Å². The Morgan fingerprint density at radius 3 is 1.50 bits per heavy atom. The van der Waals surface area contributed by atoms with Crippen molar-refractivity contribution in [2.45, 2.75) is 44.5 Å². The Balaban J connectivity index is 4.35. The summed E-state index contributed by atoms with van der Waals surface area (Å²) >= 11 is 0. The molecule has 8 radical (unpaired) electrons. The van der Waals surface area contributed by atoms with Crippen LogP contribution in [-0.4, -0.2) is 31.4 Å². The van der Waals surface area contributed by atoms with Gasteiger partial charge in [-0.05, 0) is 5.41 Å². The van der Waals surface area contributed by atoms with Gasteiger partial charge in [0.15, 0.2) is 0 Å². The van der Waals surface area contributed by atoms with Gasteiger partial charge in [-0.3, -0.25) is 0 Å². The summed E-state index contributed by atoms with van der Waals surface area (Å²) in [5.74, 6) is 0. The molecule has 0 unspecified atom stereocenters. The summed E-state index contributed by atoms with van der Waals surface area (Å²) in [5.41, 5.74) is -0.740. The average Bonchev–Trinajstić information content (AvgIpc) is 1.99. The third-order valence-corrected chi connectivity index (χ3v) is 2.76. The van der Waals surface area contributed by atoms with E-state index in [0.717, 1.165) is 12.8 Å². The zero-order chi connectivity index (χ0) is 9.78. The Labute approximate surface area is 81.9 Å². The third-order valence-electron chi connectivity index (χ3n) is 2.76. The van der Waals surface area contributed by atoms with Crippen LogP contribution in [0.1, 0.15) is 33.1 Å². The molecule has 0 saturated carbocycles. The summed E-state index contributed by atoms with van der Waals surface area (Å²) in [6, 6.07) is 0. The quantitative estimate of drug-likeness (QED) is 0.523. The predicted molar refractivity (Wildman–Crippen MR) is 58.1 cm³/mol. The number of hydrogen-bond acceptors (Lipinski definition) is 0. The Morgan fingerprint density at radius 1 is 1.00 bits per heavy atom. The van der Waals surface area contributed by atoms with Crippen LogP contribution in [0, 0.1) is 5.41 Å². The van der Waals surface area contributed by atoms with Crippen LogP contribution in [0.3, 0.4) is 0 Å². The van der Waals surface area contributed by atoms with E-state index in [1.54, 1.807) is 0 Å². The molecule has 0 spiro atoms. The molecule has 0 bridgehead atoms. The normalized spacial score (nSPS) is 12.7. The molecule has 0 rings (SSSR count). The number of rotatable bonds is 5. The topological polar surface area (TPSA) is 0 Å². The molecule has 0 amide bonds. The van der Waals surface area contributed by atoms with Crippen molar-refractivity contribution in [1.29, 1.82) is 0 Å². The van der Waals surface area contributed by atoms with E-state index in [9.17, 15) is 0 Å². The van der Waals surface area contributed by atoms with Crippen molar-refractivity contribution >= 4 is 31.4 Å². The minimum atomic E-state index is -0.331. The van der Waals surface area contributed by atoms with E-state index in [4.69, 9.17) is 31.4 Å². The average molecular weight is 153 g/mol. The number of hydrogen-bond donors (Lipinski definition) is 0. The first-order valence-electron chi connectivity index (χ1n) is 4.51. The van der Waals surface area contributed by atoms with Crippen LogP contribution in [0.25, 0.3) is 0 Å². The summed E-state index contributed by atoms with van der Waals surface area (Å²) in [4.78, 5) is 0. The fraction of sp³-hybridized carbons (Fsp3) is 1.00. The highest BCUT2D eigenvalue weighted by Gasteiger charge is 2.29. The lowest BCUT2D eigenvalue weighted by atomic mass is 9.48. The predicted octanol–water partition coefficient (Wildman–Crippen LogP) is 1.35. The van der Waals surface area contributed by atoms with Crippen molar-refractivity contribution in [1.82, 2.24) is 0 Å². The Kier molecular flexibility index (Phi) is 5.20. The van der Waals surface area contributed by atoms with E-state index >= 15 is 0 Å². The summed E-state index contributed by atoms with van der Waals surface area (Å²) in [7, 11) is 22.5. The van der Waals surface area contributed by atoms with Crippen molar-refractivity contribution in [2.75, 3.05) is 0 Å². The molecule has 4 heteroatoms. The van der Waals surface area contributed by atoms with Gasteiger partial charge in [0, 0.05) is 0 Å². The summed E-state index contributed by atoms with van der Waals surface area (Å²) < 4.78 is 0. The van der Waals surface area contributed by atoms with Crippen molar-refractivity contribution < 1.29 is 0 Å². The minimum absolute atomic E-state index is 0.0891. The van der Waals surface area contributed by atoms with E-state index < -0.39 is 0 Å². The maximum Gasteiger partial charge on any atom is 0.0582 e. The molecule has 0 N–H and O–H groups in total. The zero-order valence-corrected chi connectivity index (χ0v) is 8.09. The van der Waals surface area contributed by atoms with Crippen LogP contribution in [-0.2, 0) is 0 Å². The molecule has 0 aromatic carbocycles. The summed E-state index contributed by atoms with van der Waals surface area (Å²) in [6.07, 6.45) is 2.54. The molecule has 0 heterocycles. The maximum absolute atomic E-state index is 5.71. The molecule has 0 nitrogen and oxygen atoms in total. The van der Waals surface area contributed by atoms with E-state index in [-0.39, 0.29) is 16.8 Å². The van der Waals surface area contributed by atoms with Crippen LogP contribution in [0.4, 0.5) is 0 Å². The highest BCUT2D eigenvalue weighted by Crippen LogP contribution is 2.41. The van der Waals surface area contributed by atoms with Crippen LogP contribution < -0.4 is 0 Å². The first-order valence-corrected chi connectivity index (χ1v) is 4.51. The lowest BCUT2D eigenvalue weighted by Crippen LogP contribution is -2.27. The summed E-state index contributed by atoms with van der Waals surface area (Å²) in [5, 5.41) is 0. The van der Waals surface area contributed by atoms with Crippen LogP contribution in [0.2, 0.25) is 11.4 Å². The van der Waals surface area contributed by atoms with E-state index in [1.807, 2.05) is 0 Å². The second-order valence-electron chi connectivity index (χ2n) is 3.46. The monoisotopic (exact) mass is 154 g/mol. The molecule has 0 aliphatic rings. The second kappa shape index (κ2) is 5.09. The minimum Gasteiger partial charge on any atom is -0.109 e. The van der Waals surface area contributed by atoms with Crippen molar-refractivity contribution in [3.05, 3.63) is 0 Å². The smallest absolute Gasteiger partial charge is 0.0582 e. The molecule has 0 atom stereocenters. The molecule has 58 valence electrons. The molecule has 0 fully saturated rings. The molecule has 0 saturated heterocycles. The third kappa shape index (κ3) is 2.95. The Morgan fingerprint density at radius 2 is 1.42 bits per heavy atom. The van der Waals surface area contributed by atoms with Crippen LogP contribution in [0.15, 0.2) is 0 Å². The molecule has 0 aliphatic heterocycles. The molecule has 0 aliphatic carbocycles. The zero-order valence-electron chi connectivity index (χ0n) is 8.09. The fourth-order valence-electron chi connectivity index (χ4n) is 1.62. The Hall–Kier alpha value is 0.260. The lowest BCUT2D eigenvalue weighted by molar-refractivity contribution is 0.265. The molecular formula is C8H14B4. The van der Waals surface area contributed by atoms with Gasteiger partial charge in [0.1, 0.15) is 0 Å². The van der Waals surface area contributed by atoms with Crippen molar-refractivity contribution in [3.63, 3.8) is 0 Å². The first-order chi connectivity index (χ1) is 5.48. The largest absolute Gasteiger partial charge is 0.109 e. The van der Waals surface area contributed by atoms with E-state index in [0.29, 0.717) is 6.42 Å². The molecule has 0 aromatic rings. The first kappa shape index (κ1) is 12.3. The molecular weight excluding hydrogens is 139 g/mol. The molecule has 12 heavy (non-hydrogen) atoms. The highest BCUT2D eigenvalue weighted by molar-refractivity contribution is 6.37. The second-order valence-corrected chi connectivity index (χ2v) is 3.46. The van der Waals surface area contributed by atoms with Crippen molar-refractivity contribution in [2.24, 2.45) is 5.41 Å². The van der Waals surface area contributed by atoms with Gasteiger partial charge in [0.2, 0.25) is 0 Å². The lowest BCUT2D eigenvalue weighted by Gasteiger charge is -2.39. The van der Waals surface area contributed by atoms with Crippen LogP contribution >= 0.6 is 0 Å². The summed E-state index contributed by atoms with van der Waals surface area (Å²) in [6.45, 7) is 4.14. The van der Waals surface area contributed by atoms with Gasteiger partial charge in [-0.1, -0.05) is 33.1 Å². The van der Waals surface area contributed by atoms with Gasteiger partial charge >= 0.3 is 0 Å². The van der Waals surface area contributed by atoms with Gasteiger partial charge in [-0.2, -0.15) is 0 Å². The maximum atomic E-state index is 5.71. The highest BCUT2D eigenvalue weighted by atomic mass is 14.3. The van der Waals surface area contributed by atoms with Gasteiger partial charge in [-0.25, -0.2) is 0 Å². The van der Waals surface area contributed by atoms with E-state index in [1.165, 1.54) is 0 Å². The fourth-order valence-corrected chi connectivity index (χ4v) is 1.62. The van der Waals surface area contributed by atoms with Gasteiger partial charge in [0.25, 0.3) is 0 Å². The van der Waals surface area contributed by atoms with Gasteiger partial charge < -0.3 is 0 Å². The van der Waals surface area contributed by atoms with Crippen LogP contribution in [0.5, 0.6) is 0 Å². The Bertz CT molecular complexity index is 118. The SMILES string of the molecule is [B]C([B])CC(CC)(CC)C([B])[B]. The molecule has 0 aromatic heterocycles. The van der Waals surface area contributed by atoms with E-state index in [2.05, 4.69) is 13.8 Å².